The number of hydrogen-bond donors (Lipinski definition) is 1. The number of ether oxygens (including phenoxy) is 1. The van der Waals surface area contributed by atoms with Gasteiger partial charge in [-0.1, -0.05) is 19.4 Å². The molecule has 0 saturated carbocycles. The van der Waals surface area contributed by atoms with Crippen LogP contribution in [0.15, 0.2) is 12.3 Å². The van der Waals surface area contributed by atoms with Crippen molar-refractivity contribution >= 4 is 5.91 Å². The number of unbranched alkanes of at least 4 members (excludes halogenated alkanes) is 3. The minimum atomic E-state index is 0.163. The fraction of sp³-hybridized carbons (Fsp3) is 0.750. The summed E-state index contributed by atoms with van der Waals surface area (Å²) in [6, 6.07) is 0. The van der Waals surface area contributed by atoms with E-state index in [1.165, 1.54) is 0 Å². The Morgan fingerprint density at radius 2 is 1.93 bits per heavy atom. The maximum Gasteiger partial charge on any atom is 0.219 e. The summed E-state index contributed by atoms with van der Waals surface area (Å²) in [5.41, 5.74) is 0. The molecule has 1 N–H and O–H groups in total. The SMILES string of the molecule is C=C(C)OCCCCCCC(=O)NCC. The summed E-state index contributed by atoms with van der Waals surface area (Å²) >= 11 is 0. The molecule has 0 aliphatic heterocycles. The second-order valence-corrected chi connectivity index (χ2v) is 3.67. The van der Waals surface area contributed by atoms with Gasteiger partial charge in [-0.2, -0.15) is 0 Å². The second kappa shape index (κ2) is 9.56. The molecule has 0 fully saturated rings. The van der Waals surface area contributed by atoms with Crippen LogP contribution in [-0.2, 0) is 9.53 Å². The van der Waals surface area contributed by atoms with Gasteiger partial charge in [0.25, 0.3) is 0 Å². The number of rotatable bonds is 9. The fourth-order valence-electron chi connectivity index (χ4n) is 1.27. The molecule has 0 aliphatic rings. The van der Waals surface area contributed by atoms with Gasteiger partial charge in [-0.3, -0.25) is 4.79 Å². The Kier molecular flexibility index (Phi) is 8.93. The molecule has 0 aliphatic carbocycles. The summed E-state index contributed by atoms with van der Waals surface area (Å²) in [7, 11) is 0. The van der Waals surface area contributed by atoms with E-state index in [1.807, 2.05) is 13.8 Å². The quantitative estimate of drug-likeness (QED) is 0.472. The third-order valence-corrected chi connectivity index (χ3v) is 2.02. The molecule has 0 rings (SSSR count). The van der Waals surface area contributed by atoms with E-state index in [0.717, 1.165) is 44.6 Å². The van der Waals surface area contributed by atoms with Crippen molar-refractivity contribution in [2.24, 2.45) is 0 Å². The molecule has 0 spiro atoms. The standard InChI is InChI=1S/C12H23NO2/c1-4-13-12(14)9-7-5-6-8-10-15-11(2)3/h2,4-10H2,1,3H3,(H,13,14). The zero-order valence-corrected chi connectivity index (χ0v) is 9.97. The lowest BCUT2D eigenvalue weighted by atomic mass is 10.1. The molecule has 3 heteroatoms. The molecule has 0 unspecified atom stereocenters. The predicted octanol–water partition coefficient (Wildman–Crippen LogP) is 2.62. The lowest BCUT2D eigenvalue weighted by Gasteiger charge is -2.04. The van der Waals surface area contributed by atoms with Crippen LogP contribution >= 0.6 is 0 Å². The molecular weight excluding hydrogens is 190 g/mol. The Morgan fingerprint density at radius 3 is 2.53 bits per heavy atom. The minimum Gasteiger partial charge on any atom is -0.499 e. The summed E-state index contributed by atoms with van der Waals surface area (Å²) < 4.78 is 5.23. The van der Waals surface area contributed by atoms with Crippen LogP contribution in [-0.4, -0.2) is 19.1 Å². The van der Waals surface area contributed by atoms with E-state index in [4.69, 9.17) is 4.74 Å². The van der Waals surface area contributed by atoms with E-state index < -0.39 is 0 Å². The zero-order chi connectivity index (χ0) is 11.5. The molecular formula is C12H23NO2. The summed E-state index contributed by atoms with van der Waals surface area (Å²) in [4.78, 5) is 11.1. The molecule has 0 atom stereocenters. The largest absolute Gasteiger partial charge is 0.499 e. The highest BCUT2D eigenvalue weighted by Gasteiger charge is 1.98. The van der Waals surface area contributed by atoms with Gasteiger partial charge < -0.3 is 10.1 Å². The van der Waals surface area contributed by atoms with Crippen molar-refractivity contribution in [3.05, 3.63) is 12.3 Å². The number of amides is 1. The molecule has 0 aromatic carbocycles. The molecule has 0 saturated heterocycles. The van der Waals surface area contributed by atoms with Gasteiger partial charge in [0.15, 0.2) is 0 Å². The Labute approximate surface area is 92.9 Å². The van der Waals surface area contributed by atoms with Gasteiger partial charge in [-0.05, 0) is 26.7 Å². The van der Waals surface area contributed by atoms with Crippen molar-refractivity contribution < 1.29 is 9.53 Å². The highest BCUT2D eigenvalue weighted by molar-refractivity contribution is 5.75. The highest BCUT2D eigenvalue weighted by Crippen LogP contribution is 2.04. The number of hydrogen-bond acceptors (Lipinski definition) is 2. The summed E-state index contributed by atoms with van der Waals surface area (Å²) in [6.45, 7) is 8.93. The van der Waals surface area contributed by atoms with Gasteiger partial charge in [0.05, 0.1) is 12.4 Å². The number of nitrogens with one attached hydrogen (secondary N) is 1. The second-order valence-electron chi connectivity index (χ2n) is 3.67. The molecule has 0 aromatic heterocycles. The molecule has 15 heavy (non-hydrogen) atoms. The highest BCUT2D eigenvalue weighted by atomic mass is 16.5. The van der Waals surface area contributed by atoms with Gasteiger partial charge in [0.1, 0.15) is 0 Å². The summed E-state index contributed by atoms with van der Waals surface area (Å²) in [6.07, 6.45) is 4.87. The van der Waals surface area contributed by atoms with Gasteiger partial charge in [0, 0.05) is 13.0 Å². The molecule has 0 bridgehead atoms. The lowest BCUT2D eigenvalue weighted by Crippen LogP contribution is -2.21. The zero-order valence-electron chi connectivity index (χ0n) is 9.97. The number of carbonyl (C=O) groups excluding carboxylic acids is 1. The van der Waals surface area contributed by atoms with Crippen LogP contribution in [0.4, 0.5) is 0 Å². The third kappa shape index (κ3) is 10.9. The van der Waals surface area contributed by atoms with Gasteiger partial charge in [0.2, 0.25) is 5.91 Å². The number of carbonyl (C=O) groups is 1. The average molecular weight is 213 g/mol. The van der Waals surface area contributed by atoms with Crippen molar-refractivity contribution in [2.45, 2.75) is 46.0 Å². The molecule has 88 valence electrons. The molecule has 1 amide bonds. The number of allylic oxidation sites excluding steroid dienone is 1. The normalized spacial score (nSPS) is 9.73. The van der Waals surface area contributed by atoms with Gasteiger partial charge >= 0.3 is 0 Å². The maximum absolute atomic E-state index is 11.1. The van der Waals surface area contributed by atoms with Gasteiger partial charge in [-0.25, -0.2) is 0 Å². The average Bonchev–Trinajstić information content (AvgIpc) is 2.16. The fourth-order valence-corrected chi connectivity index (χ4v) is 1.27. The topological polar surface area (TPSA) is 38.3 Å². The Hall–Kier alpha value is -0.990. The van der Waals surface area contributed by atoms with E-state index in [0.29, 0.717) is 6.42 Å². The third-order valence-electron chi connectivity index (χ3n) is 2.02. The Balaban J connectivity index is 3.11. The first-order valence-corrected chi connectivity index (χ1v) is 5.71. The van der Waals surface area contributed by atoms with E-state index in [2.05, 4.69) is 11.9 Å². The lowest BCUT2D eigenvalue weighted by molar-refractivity contribution is -0.121. The van der Waals surface area contributed by atoms with Crippen molar-refractivity contribution in [3.8, 4) is 0 Å². The minimum absolute atomic E-state index is 0.163. The van der Waals surface area contributed by atoms with Crippen molar-refractivity contribution in [1.29, 1.82) is 0 Å². The maximum atomic E-state index is 11.1. The monoisotopic (exact) mass is 213 g/mol. The van der Waals surface area contributed by atoms with E-state index in [1.54, 1.807) is 0 Å². The predicted molar refractivity (Wildman–Crippen MR) is 62.5 cm³/mol. The smallest absolute Gasteiger partial charge is 0.219 e. The molecule has 0 radical (unpaired) electrons. The molecule has 0 aromatic rings. The Morgan fingerprint density at radius 1 is 1.27 bits per heavy atom. The van der Waals surface area contributed by atoms with Crippen molar-refractivity contribution in [3.63, 3.8) is 0 Å². The van der Waals surface area contributed by atoms with Crippen molar-refractivity contribution in [1.82, 2.24) is 5.32 Å². The van der Waals surface area contributed by atoms with Crippen LogP contribution in [0.3, 0.4) is 0 Å². The molecule has 0 heterocycles. The first-order valence-electron chi connectivity index (χ1n) is 5.71. The van der Waals surface area contributed by atoms with E-state index >= 15 is 0 Å². The van der Waals surface area contributed by atoms with E-state index in [9.17, 15) is 4.79 Å². The first-order chi connectivity index (χ1) is 7.16. The van der Waals surface area contributed by atoms with Crippen LogP contribution in [0, 0.1) is 0 Å². The van der Waals surface area contributed by atoms with Crippen molar-refractivity contribution in [2.75, 3.05) is 13.2 Å². The first kappa shape index (κ1) is 14.0. The van der Waals surface area contributed by atoms with Crippen LogP contribution in [0.1, 0.15) is 46.0 Å². The summed E-state index contributed by atoms with van der Waals surface area (Å²) in [5, 5.41) is 2.79. The van der Waals surface area contributed by atoms with Crippen LogP contribution in [0.2, 0.25) is 0 Å². The van der Waals surface area contributed by atoms with Crippen LogP contribution < -0.4 is 5.32 Å². The molecule has 3 nitrogen and oxygen atoms in total. The van der Waals surface area contributed by atoms with Crippen LogP contribution in [0.25, 0.3) is 0 Å². The van der Waals surface area contributed by atoms with Crippen LogP contribution in [0.5, 0.6) is 0 Å². The van der Waals surface area contributed by atoms with Gasteiger partial charge in [-0.15, -0.1) is 0 Å². The summed E-state index contributed by atoms with van der Waals surface area (Å²) in [5.74, 6) is 0.938. The van der Waals surface area contributed by atoms with E-state index in [-0.39, 0.29) is 5.91 Å². The Bertz CT molecular complexity index is 190.